The standard InChI is InChI=1S/C18H18N2O4/c1-21-11-16-20-17(13-6-9-15(23-3)19-10-13)18(24-16)12-4-7-14(22-2)8-5-12/h4-10H,11H2,1-3H3. The lowest BCUT2D eigenvalue weighted by Crippen LogP contribution is -1.90. The van der Waals surface area contributed by atoms with E-state index < -0.39 is 0 Å². The van der Waals surface area contributed by atoms with Crippen LogP contribution in [-0.4, -0.2) is 31.3 Å². The molecule has 0 radical (unpaired) electrons. The largest absolute Gasteiger partial charge is 0.497 e. The highest BCUT2D eigenvalue weighted by Crippen LogP contribution is 2.33. The molecule has 3 aromatic rings. The zero-order valence-electron chi connectivity index (χ0n) is 13.8. The van der Waals surface area contributed by atoms with Crippen molar-refractivity contribution in [3.05, 3.63) is 48.5 Å². The highest BCUT2D eigenvalue weighted by Gasteiger charge is 2.17. The van der Waals surface area contributed by atoms with E-state index >= 15 is 0 Å². The van der Waals surface area contributed by atoms with Crippen molar-refractivity contribution in [1.29, 1.82) is 0 Å². The van der Waals surface area contributed by atoms with Crippen molar-refractivity contribution in [2.24, 2.45) is 0 Å². The monoisotopic (exact) mass is 326 g/mol. The number of nitrogens with zero attached hydrogens (tertiary/aromatic N) is 2. The molecule has 6 heteroatoms. The fourth-order valence-electron chi connectivity index (χ4n) is 2.32. The Morgan fingerprint density at radius 3 is 2.25 bits per heavy atom. The van der Waals surface area contributed by atoms with Gasteiger partial charge >= 0.3 is 0 Å². The molecule has 0 saturated carbocycles. The summed E-state index contributed by atoms with van der Waals surface area (Å²) < 4.78 is 21.3. The molecule has 0 unspecified atom stereocenters. The molecule has 2 aromatic heterocycles. The maximum Gasteiger partial charge on any atom is 0.221 e. The van der Waals surface area contributed by atoms with Crippen LogP contribution in [0.25, 0.3) is 22.6 Å². The third-order valence-electron chi connectivity index (χ3n) is 3.51. The Balaban J connectivity index is 2.05. The molecule has 124 valence electrons. The minimum atomic E-state index is 0.298. The molecule has 0 atom stereocenters. The highest BCUT2D eigenvalue weighted by atomic mass is 16.5. The molecular weight excluding hydrogens is 308 g/mol. The summed E-state index contributed by atoms with van der Waals surface area (Å²) in [6.07, 6.45) is 1.71. The fourth-order valence-corrected chi connectivity index (χ4v) is 2.32. The van der Waals surface area contributed by atoms with Crippen LogP contribution in [0, 0.1) is 0 Å². The number of methoxy groups -OCH3 is 3. The van der Waals surface area contributed by atoms with E-state index in [1.165, 1.54) is 0 Å². The molecular formula is C18H18N2O4. The van der Waals surface area contributed by atoms with Gasteiger partial charge < -0.3 is 18.6 Å². The Morgan fingerprint density at radius 1 is 0.917 bits per heavy atom. The van der Waals surface area contributed by atoms with Crippen LogP contribution in [-0.2, 0) is 11.3 Å². The first-order chi connectivity index (χ1) is 11.7. The van der Waals surface area contributed by atoms with Crippen LogP contribution in [0.2, 0.25) is 0 Å². The molecule has 0 bridgehead atoms. The van der Waals surface area contributed by atoms with E-state index in [2.05, 4.69) is 9.97 Å². The summed E-state index contributed by atoms with van der Waals surface area (Å²) in [5.41, 5.74) is 2.45. The van der Waals surface area contributed by atoms with Gasteiger partial charge in [0.1, 0.15) is 18.1 Å². The van der Waals surface area contributed by atoms with Crippen LogP contribution in [0.1, 0.15) is 5.89 Å². The molecule has 3 rings (SSSR count). The Hall–Kier alpha value is -2.86. The van der Waals surface area contributed by atoms with Gasteiger partial charge in [-0.3, -0.25) is 0 Å². The van der Waals surface area contributed by atoms with E-state index in [0.717, 1.165) is 16.9 Å². The summed E-state index contributed by atoms with van der Waals surface area (Å²) in [6.45, 7) is 0.298. The van der Waals surface area contributed by atoms with Crippen LogP contribution >= 0.6 is 0 Å². The van der Waals surface area contributed by atoms with Gasteiger partial charge in [0.15, 0.2) is 5.76 Å². The SMILES string of the molecule is COCc1nc(-c2ccc(OC)nc2)c(-c2ccc(OC)cc2)o1. The normalized spacial score (nSPS) is 10.6. The van der Waals surface area contributed by atoms with Gasteiger partial charge in [0, 0.05) is 30.5 Å². The Kier molecular flexibility index (Phi) is 4.77. The minimum Gasteiger partial charge on any atom is -0.497 e. The number of hydrogen-bond donors (Lipinski definition) is 0. The summed E-state index contributed by atoms with van der Waals surface area (Å²) in [5.74, 6) is 2.50. The summed E-state index contributed by atoms with van der Waals surface area (Å²) in [6, 6.07) is 11.3. The lowest BCUT2D eigenvalue weighted by Gasteiger charge is -2.04. The zero-order valence-corrected chi connectivity index (χ0v) is 13.8. The van der Waals surface area contributed by atoms with E-state index in [1.807, 2.05) is 30.3 Å². The average molecular weight is 326 g/mol. The molecule has 1 aromatic carbocycles. The number of ether oxygens (including phenoxy) is 3. The first-order valence-electron chi connectivity index (χ1n) is 7.38. The average Bonchev–Trinajstić information content (AvgIpc) is 3.06. The summed E-state index contributed by atoms with van der Waals surface area (Å²) in [7, 11) is 4.82. The summed E-state index contributed by atoms with van der Waals surface area (Å²) in [4.78, 5) is 8.78. The van der Waals surface area contributed by atoms with Gasteiger partial charge in [-0.1, -0.05) is 0 Å². The predicted molar refractivity (Wildman–Crippen MR) is 89.0 cm³/mol. The van der Waals surface area contributed by atoms with E-state index in [1.54, 1.807) is 33.6 Å². The van der Waals surface area contributed by atoms with Crippen molar-refractivity contribution >= 4 is 0 Å². The third kappa shape index (κ3) is 3.23. The van der Waals surface area contributed by atoms with Crippen molar-refractivity contribution in [3.8, 4) is 34.2 Å². The molecule has 2 heterocycles. The predicted octanol–water partition coefficient (Wildman–Crippen LogP) is 3.57. The van der Waals surface area contributed by atoms with Crippen LogP contribution in [0.4, 0.5) is 0 Å². The second-order valence-corrected chi connectivity index (χ2v) is 5.04. The second kappa shape index (κ2) is 7.14. The summed E-state index contributed by atoms with van der Waals surface area (Å²) >= 11 is 0. The number of pyridine rings is 1. The topological polar surface area (TPSA) is 66.6 Å². The molecule has 0 aliphatic carbocycles. The molecule has 6 nitrogen and oxygen atoms in total. The van der Waals surface area contributed by atoms with Gasteiger partial charge in [-0.2, -0.15) is 0 Å². The van der Waals surface area contributed by atoms with Crippen molar-refractivity contribution in [2.75, 3.05) is 21.3 Å². The maximum atomic E-state index is 5.89. The Labute approximate surface area is 140 Å². The highest BCUT2D eigenvalue weighted by molar-refractivity contribution is 5.76. The molecule has 24 heavy (non-hydrogen) atoms. The zero-order chi connectivity index (χ0) is 16.9. The van der Waals surface area contributed by atoms with Gasteiger partial charge in [-0.25, -0.2) is 9.97 Å². The number of aromatic nitrogens is 2. The van der Waals surface area contributed by atoms with Crippen LogP contribution in [0.3, 0.4) is 0 Å². The van der Waals surface area contributed by atoms with Crippen molar-refractivity contribution in [2.45, 2.75) is 6.61 Å². The number of benzene rings is 1. The van der Waals surface area contributed by atoms with E-state index in [-0.39, 0.29) is 0 Å². The van der Waals surface area contributed by atoms with Crippen LogP contribution in [0.15, 0.2) is 47.0 Å². The first kappa shape index (κ1) is 16.0. The van der Waals surface area contributed by atoms with Gasteiger partial charge in [0.05, 0.1) is 14.2 Å². The molecule has 0 aliphatic heterocycles. The maximum absolute atomic E-state index is 5.89. The van der Waals surface area contributed by atoms with Crippen molar-refractivity contribution in [3.63, 3.8) is 0 Å². The van der Waals surface area contributed by atoms with Gasteiger partial charge in [0.2, 0.25) is 11.8 Å². The number of hydrogen-bond acceptors (Lipinski definition) is 6. The van der Waals surface area contributed by atoms with Crippen LogP contribution < -0.4 is 9.47 Å². The molecule has 0 aliphatic rings. The van der Waals surface area contributed by atoms with E-state index in [0.29, 0.717) is 29.8 Å². The van der Waals surface area contributed by atoms with E-state index in [9.17, 15) is 0 Å². The molecule has 0 amide bonds. The van der Waals surface area contributed by atoms with Crippen molar-refractivity contribution < 1.29 is 18.6 Å². The van der Waals surface area contributed by atoms with Crippen molar-refractivity contribution in [1.82, 2.24) is 9.97 Å². The molecule has 0 spiro atoms. The lowest BCUT2D eigenvalue weighted by molar-refractivity contribution is 0.160. The molecule has 0 saturated heterocycles. The van der Waals surface area contributed by atoms with Gasteiger partial charge in [-0.05, 0) is 30.3 Å². The van der Waals surface area contributed by atoms with Crippen LogP contribution in [0.5, 0.6) is 11.6 Å². The molecule has 0 fully saturated rings. The quantitative estimate of drug-likeness (QED) is 0.690. The molecule has 0 N–H and O–H groups in total. The smallest absolute Gasteiger partial charge is 0.221 e. The fraction of sp³-hybridized carbons (Fsp3) is 0.222. The Morgan fingerprint density at radius 2 is 1.67 bits per heavy atom. The summed E-state index contributed by atoms with van der Waals surface area (Å²) in [5, 5.41) is 0. The first-order valence-corrected chi connectivity index (χ1v) is 7.38. The Bertz CT molecular complexity index is 730. The van der Waals surface area contributed by atoms with E-state index in [4.69, 9.17) is 18.6 Å². The number of oxazole rings is 1. The third-order valence-corrected chi connectivity index (χ3v) is 3.51. The van der Waals surface area contributed by atoms with Gasteiger partial charge in [0.25, 0.3) is 0 Å². The second-order valence-electron chi connectivity index (χ2n) is 5.04. The minimum absolute atomic E-state index is 0.298. The lowest BCUT2D eigenvalue weighted by atomic mass is 10.1. The van der Waals surface area contributed by atoms with Gasteiger partial charge in [-0.15, -0.1) is 0 Å². The number of rotatable bonds is 6.